The van der Waals surface area contributed by atoms with Gasteiger partial charge in [0.25, 0.3) is 0 Å². The molecule has 1 fully saturated rings. The topological polar surface area (TPSA) is 34.1 Å². The third-order valence-electron chi connectivity index (χ3n) is 3.89. The van der Waals surface area contributed by atoms with Crippen LogP contribution in [0.15, 0.2) is 18.5 Å². The Morgan fingerprint density at radius 2 is 2.16 bits per heavy atom. The number of ether oxygens (including phenoxy) is 1. The van der Waals surface area contributed by atoms with E-state index in [1.807, 2.05) is 6.20 Å². The van der Waals surface area contributed by atoms with Gasteiger partial charge in [0.05, 0.1) is 12.8 Å². The van der Waals surface area contributed by atoms with Gasteiger partial charge in [0.15, 0.2) is 0 Å². The van der Waals surface area contributed by atoms with Crippen LogP contribution in [0.1, 0.15) is 51.5 Å². The van der Waals surface area contributed by atoms with Crippen molar-refractivity contribution in [2.75, 3.05) is 13.2 Å². The van der Waals surface area contributed by atoms with Crippen molar-refractivity contribution in [1.29, 1.82) is 0 Å². The van der Waals surface area contributed by atoms with Gasteiger partial charge in [0.2, 0.25) is 0 Å². The second-order valence-electron chi connectivity index (χ2n) is 5.75. The van der Waals surface area contributed by atoms with Gasteiger partial charge < -0.3 is 10.1 Å². The summed E-state index contributed by atoms with van der Waals surface area (Å²) < 4.78 is 5.66. The first-order valence-corrected chi connectivity index (χ1v) is 7.51. The Labute approximate surface area is 116 Å². The van der Waals surface area contributed by atoms with Crippen molar-refractivity contribution in [2.24, 2.45) is 5.92 Å². The van der Waals surface area contributed by atoms with Gasteiger partial charge in [-0.25, -0.2) is 0 Å². The first kappa shape index (κ1) is 14.3. The van der Waals surface area contributed by atoms with Crippen LogP contribution in [0.2, 0.25) is 0 Å². The minimum atomic E-state index is 0.504. The van der Waals surface area contributed by atoms with Gasteiger partial charge in [0, 0.05) is 12.2 Å². The summed E-state index contributed by atoms with van der Waals surface area (Å²) in [5, 5.41) is 3.60. The zero-order chi connectivity index (χ0) is 13.7. The zero-order valence-electron chi connectivity index (χ0n) is 12.4. The highest BCUT2D eigenvalue weighted by Gasteiger charge is 2.23. The molecular weight excluding hydrogens is 236 g/mol. The smallest absolute Gasteiger partial charge is 0.137 e. The summed E-state index contributed by atoms with van der Waals surface area (Å²) in [5.74, 6) is 2.02. The van der Waals surface area contributed by atoms with E-state index in [9.17, 15) is 0 Å². The summed E-state index contributed by atoms with van der Waals surface area (Å²) in [6.45, 7) is 8.55. The molecule has 1 aliphatic rings. The SMILES string of the molecule is CCCOc1cncc(C(C)C(C)CNC2CC2)c1. The standard InChI is InChI=1S/C16H26N2O/c1-4-7-19-16-8-14(10-17-11-16)13(3)12(2)9-18-15-5-6-15/h8,10-13,15,18H,4-7,9H2,1-3H3. The normalized spacial score (nSPS) is 18.1. The van der Waals surface area contributed by atoms with Gasteiger partial charge in [-0.1, -0.05) is 20.8 Å². The second-order valence-corrected chi connectivity index (χ2v) is 5.75. The Hall–Kier alpha value is -1.09. The lowest BCUT2D eigenvalue weighted by atomic mass is 9.90. The predicted octanol–water partition coefficient (Wildman–Crippen LogP) is 3.36. The van der Waals surface area contributed by atoms with Crippen LogP contribution in [0.3, 0.4) is 0 Å². The van der Waals surface area contributed by atoms with E-state index in [2.05, 4.69) is 37.1 Å². The van der Waals surface area contributed by atoms with Crippen LogP contribution in [-0.4, -0.2) is 24.2 Å². The number of hydrogen-bond acceptors (Lipinski definition) is 3. The Bertz CT molecular complexity index is 390. The lowest BCUT2D eigenvalue weighted by Gasteiger charge is -2.21. The number of pyridine rings is 1. The minimum Gasteiger partial charge on any atom is -0.492 e. The fraction of sp³-hybridized carbons (Fsp3) is 0.688. The van der Waals surface area contributed by atoms with Crippen molar-refractivity contribution in [3.8, 4) is 5.75 Å². The fourth-order valence-corrected chi connectivity index (χ4v) is 2.13. The van der Waals surface area contributed by atoms with E-state index in [0.717, 1.165) is 31.4 Å². The second kappa shape index (κ2) is 6.90. The lowest BCUT2D eigenvalue weighted by Crippen LogP contribution is -2.26. The predicted molar refractivity (Wildman–Crippen MR) is 78.6 cm³/mol. The van der Waals surface area contributed by atoms with Crippen LogP contribution in [0.5, 0.6) is 5.75 Å². The molecule has 1 aromatic heterocycles. The summed E-state index contributed by atoms with van der Waals surface area (Å²) in [6.07, 6.45) is 7.50. The quantitative estimate of drug-likeness (QED) is 0.780. The number of nitrogens with one attached hydrogen (secondary N) is 1. The molecule has 19 heavy (non-hydrogen) atoms. The maximum absolute atomic E-state index is 5.66. The summed E-state index contributed by atoms with van der Waals surface area (Å²) >= 11 is 0. The molecule has 0 aromatic carbocycles. The molecule has 2 unspecified atom stereocenters. The Balaban J connectivity index is 1.90. The van der Waals surface area contributed by atoms with Crippen molar-refractivity contribution >= 4 is 0 Å². The monoisotopic (exact) mass is 262 g/mol. The third kappa shape index (κ3) is 4.50. The van der Waals surface area contributed by atoms with Crippen molar-refractivity contribution in [3.63, 3.8) is 0 Å². The summed E-state index contributed by atoms with van der Waals surface area (Å²) in [4.78, 5) is 4.30. The van der Waals surface area contributed by atoms with Crippen LogP contribution in [0.4, 0.5) is 0 Å². The highest BCUT2D eigenvalue weighted by molar-refractivity contribution is 5.26. The number of rotatable bonds is 8. The van der Waals surface area contributed by atoms with E-state index >= 15 is 0 Å². The average molecular weight is 262 g/mol. The van der Waals surface area contributed by atoms with Gasteiger partial charge in [-0.3, -0.25) is 4.98 Å². The number of aromatic nitrogens is 1. The molecule has 1 N–H and O–H groups in total. The summed E-state index contributed by atoms with van der Waals surface area (Å²) in [7, 11) is 0. The van der Waals surface area contributed by atoms with E-state index < -0.39 is 0 Å². The van der Waals surface area contributed by atoms with Crippen LogP contribution in [-0.2, 0) is 0 Å². The molecule has 0 bridgehead atoms. The van der Waals surface area contributed by atoms with E-state index in [0.29, 0.717) is 11.8 Å². The van der Waals surface area contributed by atoms with Crippen LogP contribution in [0.25, 0.3) is 0 Å². The maximum atomic E-state index is 5.66. The molecule has 3 nitrogen and oxygen atoms in total. The molecule has 0 spiro atoms. The van der Waals surface area contributed by atoms with Gasteiger partial charge in [-0.2, -0.15) is 0 Å². The van der Waals surface area contributed by atoms with Gasteiger partial charge in [-0.15, -0.1) is 0 Å². The van der Waals surface area contributed by atoms with Gasteiger partial charge in [0.1, 0.15) is 5.75 Å². The van der Waals surface area contributed by atoms with Crippen LogP contribution in [0, 0.1) is 5.92 Å². The summed E-state index contributed by atoms with van der Waals surface area (Å²) in [6, 6.07) is 2.92. The van der Waals surface area contributed by atoms with Crippen molar-refractivity contribution < 1.29 is 4.74 Å². The first-order chi connectivity index (χ1) is 9.20. The number of hydrogen-bond donors (Lipinski definition) is 1. The van der Waals surface area contributed by atoms with E-state index in [-0.39, 0.29) is 0 Å². The Kier molecular flexibility index (Phi) is 5.20. The van der Waals surface area contributed by atoms with E-state index in [1.165, 1.54) is 18.4 Å². The molecule has 1 aliphatic carbocycles. The fourth-order valence-electron chi connectivity index (χ4n) is 2.13. The maximum Gasteiger partial charge on any atom is 0.137 e. The Morgan fingerprint density at radius 1 is 1.37 bits per heavy atom. The van der Waals surface area contributed by atoms with Crippen molar-refractivity contribution in [2.45, 2.75) is 52.0 Å². The molecule has 2 rings (SSSR count). The minimum absolute atomic E-state index is 0.504. The Morgan fingerprint density at radius 3 is 2.84 bits per heavy atom. The van der Waals surface area contributed by atoms with Crippen LogP contribution >= 0.6 is 0 Å². The highest BCUT2D eigenvalue weighted by Crippen LogP contribution is 2.27. The third-order valence-corrected chi connectivity index (χ3v) is 3.89. The molecule has 0 amide bonds. The molecule has 106 valence electrons. The molecule has 2 atom stereocenters. The van der Waals surface area contributed by atoms with E-state index in [4.69, 9.17) is 4.74 Å². The highest BCUT2D eigenvalue weighted by atomic mass is 16.5. The molecule has 0 saturated heterocycles. The molecule has 0 aliphatic heterocycles. The zero-order valence-corrected chi connectivity index (χ0v) is 12.4. The summed E-state index contributed by atoms with van der Waals surface area (Å²) in [5.41, 5.74) is 1.28. The molecule has 1 aromatic rings. The van der Waals surface area contributed by atoms with E-state index in [1.54, 1.807) is 6.20 Å². The lowest BCUT2D eigenvalue weighted by molar-refractivity contribution is 0.315. The van der Waals surface area contributed by atoms with Crippen molar-refractivity contribution in [1.82, 2.24) is 10.3 Å². The largest absolute Gasteiger partial charge is 0.492 e. The molecule has 3 heteroatoms. The number of nitrogens with zero attached hydrogens (tertiary/aromatic N) is 1. The van der Waals surface area contributed by atoms with Gasteiger partial charge >= 0.3 is 0 Å². The molecule has 0 radical (unpaired) electrons. The molecule has 1 heterocycles. The molecule has 1 saturated carbocycles. The van der Waals surface area contributed by atoms with Crippen LogP contribution < -0.4 is 10.1 Å². The van der Waals surface area contributed by atoms with Crippen molar-refractivity contribution in [3.05, 3.63) is 24.0 Å². The average Bonchev–Trinajstić information content (AvgIpc) is 3.26. The van der Waals surface area contributed by atoms with Gasteiger partial charge in [-0.05, 0) is 49.3 Å². The molecular formula is C16H26N2O. The first-order valence-electron chi connectivity index (χ1n) is 7.51.